The Labute approximate surface area is 175 Å². The van der Waals surface area contributed by atoms with Gasteiger partial charge in [0.15, 0.2) is 11.5 Å². The third-order valence-electron chi connectivity index (χ3n) is 5.38. The van der Waals surface area contributed by atoms with Crippen LogP contribution in [0, 0.1) is 0 Å². The van der Waals surface area contributed by atoms with Crippen molar-refractivity contribution in [2.45, 2.75) is 19.3 Å². The molecule has 3 aromatic carbocycles. The number of benzene rings is 3. The standard InChI is InChI=1S/C25H23NO4/c1-17(18-8-4-3-5-9-18)14-15-30-23-16-19(12-13-22(23)29-2)26-24(27)20-10-6-7-11-21(20)25(26)28/h3-13,16-17H,14-15H2,1-2H3. The van der Waals surface area contributed by atoms with E-state index in [1.54, 1.807) is 49.6 Å². The molecule has 5 nitrogen and oxygen atoms in total. The summed E-state index contributed by atoms with van der Waals surface area (Å²) >= 11 is 0. The van der Waals surface area contributed by atoms with Crippen molar-refractivity contribution < 1.29 is 19.1 Å². The van der Waals surface area contributed by atoms with E-state index in [1.807, 2.05) is 18.2 Å². The zero-order valence-electron chi connectivity index (χ0n) is 17.0. The molecule has 0 aromatic heterocycles. The third kappa shape index (κ3) is 3.66. The number of hydrogen-bond acceptors (Lipinski definition) is 4. The minimum Gasteiger partial charge on any atom is -0.493 e. The predicted molar refractivity (Wildman–Crippen MR) is 116 cm³/mol. The molecule has 0 bridgehead atoms. The number of fused-ring (bicyclic) bond motifs is 1. The second-order valence-corrected chi connectivity index (χ2v) is 7.28. The molecule has 0 spiro atoms. The molecule has 1 atom stereocenters. The number of hydrogen-bond donors (Lipinski definition) is 0. The van der Waals surface area contributed by atoms with Gasteiger partial charge >= 0.3 is 0 Å². The number of carbonyl (C=O) groups is 2. The van der Waals surface area contributed by atoms with E-state index in [0.29, 0.717) is 40.8 Å². The molecule has 152 valence electrons. The van der Waals surface area contributed by atoms with Gasteiger partial charge in [0.2, 0.25) is 0 Å². The van der Waals surface area contributed by atoms with E-state index in [1.165, 1.54) is 10.5 Å². The number of amides is 2. The molecule has 0 saturated carbocycles. The Morgan fingerprint density at radius 1 is 0.833 bits per heavy atom. The van der Waals surface area contributed by atoms with Gasteiger partial charge in [-0.05, 0) is 42.2 Å². The van der Waals surface area contributed by atoms with E-state index < -0.39 is 0 Å². The van der Waals surface area contributed by atoms with E-state index in [0.717, 1.165) is 6.42 Å². The van der Waals surface area contributed by atoms with Gasteiger partial charge in [-0.1, -0.05) is 49.4 Å². The molecule has 0 saturated heterocycles. The zero-order valence-corrected chi connectivity index (χ0v) is 17.0. The van der Waals surface area contributed by atoms with Gasteiger partial charge < -0.3 is 9.47 Å². The Morgan fingerprint density at radius 2 is 1.47 bits per heavy atom. The normalized spacial score (nSPS) is 13.9. The summed E-state index contributed by atoms with van der Waals surface area (Å²) < 4.78 is 11.4. The molecule has 5 heteroatoms. The highest BCUT2D eigenvalue weighted by Crippen LogP contribution is 2.35. The smallest absolute Gasteiger partial charge is 0.266 e. The maximum absolute atomic E-state index is 12.8. The van der Waals surface area contributed by atoms with Gasteiger partial charge in [0, 0.05) is 6.07 Å². The molecule has 3 aromatic rings. The minimum absolute atomic E-state index is 0.329. The van der Waals surface area contributed by atoms with Crippen molar-refractivity contribution in [2.75, 3.05) is 18.6 Å². The average Bonchev–Trinajstić information content (AvgIpc) is 3.04. The number of rotatable bonds is 7. The molecule has 1 heterocycles. The summed E-state index contributed by atoms with van der Waals surface area (Å²) in [4.78, 5) is 26.7. The third-order valence-corrected chi connectivity index (χ3v) is 5.38. The molecule has 0 fully saturated rings. The van der Waals surface area contributed by atoms with Crippen LogP contribution in [0.2, 0.25) is 0 Å². The lowest BCUT2D eigenvalue weighted by Crippen LogP contribution is -2.29. The van der Waals surface area contributed by atoms with Gasteiger partial charge in [0.25, 0.3) is 11.8 Å². The lowest BCUT2D eigenvalue weighted by Gasteiger charge is -2.18. The van der Waals surface area contributed by atoms with E-state index in [4.69, 9.17) is 9.47 Å². The summed E-state index contributed by atoms with van der Waals surface area (Å²) in [6.07, 6.45) is 0.824. The monoisotopic (exact) mass is 401 g/mol. The highest BCUT2D eigenvalue weighted by atomic mass is 16.5. The topological polar surface area (TPSA) is 55.8 Å². The van der Waals surface area contributed by atoms with Crippen LogP contribution in [0.25, 0.3) is 0 Å². The lowest BCUT2D eigenvalue weighted by atomic mass is 9.98. The maximum Gasteiger partial charge on any atom is 0.266 e. The first-order chi connectivity index (χ1) is 14.6. The summed E-state index contributed by atoms with van der Waals surface area (Å²) in [5.74, 6) is 0.750. The van der Waals surface area contributed by atoms with Crippen molar-refractivity contribution in [3.8, 4) is 11.5 Å². The van der Waals surface area contributed by atoms with Crippen LogP contribution in [0.4, 0.5) is 5.69 Å². The number of imide groups is 1. The maximum atomic E-state index is 12.8. The minimum atomic E-state index is -0.329. The van der Waals surface area contributed by atoms with E-state index in [2.05, 4.69) is 19.1 Å². The van der Waals surface area contributed by atoms with Crippen LogP contribution in [-0.4, -0.2) is 25.5 Å². The van der Waals surface area contributed by atoms with Crippen molar-refractivity contribution in [3.63, 3.8) is 0 Å². The molecule has 4 rings (SSSR count). The van der Waals surface area contributed by atoms with Crippen LogP contribution in [0.5, 0.6) is 11.5 Å². The SMILES string of the molecule is COc1ccc(N2C(=O)c3ccccc3C2=O)cc1OCCC(C)c1ccccc1. The summed E-state index contributed by atoms with van der Waals surface area (Å²) in [6.45, 7) is 2.64. The van der Waals surface area contributed by atoms with Crippen LogP contribution < -0.4 is 14.4 Å². The number of methoxy groups -OCH3 is 1. The van der Waals surface area contributed by atoms with Crippen molar-refractivity contribution in [1.29, 1.82) is 0 Å². The van der Waals surface area contributed by atoms with Crippen molar-refractivity contribution >= 4 is 17.5 Å². The first kappa shape index (κ1) is 19.7. The van der Waals surface area contributed by atoms with E-state index in [-0.39, 0.29) is 11.8 Å². The van der Waals surface area contributed by atoms with Crippen molar-refractivity contribution in [3.05, 3.63) is 89.5 Å². The fourth-order valence-electron chi connectivity index (χ4n) is 3.63. The number of ether oxygens (including phenoxy) is 2. The fourth-order valence-corrected chi connectivity index (χ4v) is 3.63. The molecular weight excluding hydrogens is 378 g/mol. The van der Waals surface area contributed by atoms with Crippen LogP contribution in [0.3, 0.4) is 0 Å². The number of carbonyl (C=O) groups excluding carboxylic acids is 2. The summed E-state index contributed by atoms with van der Waals surface area (Å²) in [7, 11) is 1.57. The van der Waals surface area contributed by atoms with Crippen LogP contribution in [-0.2, 0) is 0 Å². The highest BCUT2D eigenvalue weighted by Gasteiger charge is 2.36. The summed E-state index contributed by atoms with van der Waals surface area (Å²) in [6, 6.07) is 22.2. The Bertz CT molecular complexity index is 1040. The largest absolute Gasteiger partial charge is 0.493 e. The quantitative estimate of drug-likeness (QED) is 0.519. The first-order valence-electron chi connectivity index (χ1n) is 9.93. The van der Waals surface area contributed by atoms with Gasteiger partial charge in [-0.25, -0.2) is 4.90 Å². The molecule has 2 amide bonds. The Kier molecular flexibility index (Phi) is 5.53. The molecular formula is C25H23NO4. The van der Waals surface area contributed by atoms with Gasteiger partial charge in [0.05, 0.1) is 30.5 Å². The molecule has 1 aliphatic heterocycles. The number of anilines is 1. The molecule has 30 heavy (non-hydrogen) atoms. The van der Waals surface area contributed by atoms with E-state index >= 15 is 0 Å². The lowest BCUT2D eigenvalue weighted by molar-refractivity contribution is 0.0926. The summed E-state index contributed by atoms with van der Waals surface area (Å²) in [5, 5.41) is 0. The molecule has 0 radical (unpaired) electrons. The first-order valence-corrected chi connectivity index (χ1v) is 9.93. The predicted octanol–water partition coefficient (Wildman–Crippen LogP) is 5.07. The zero-order chi connectivity index (χ0) is 21.1. The van der Waals surface area contributed by atoms with Crippen molar-refractivity contribution in [2.24, 2.45) is 0 Å². The second-order valence-electron chi connectivity index (χ2n) is 7.28. The Morgan fingerprint density at radius 3 is 2.10 bits per heavy atom. The fraction of sp³-hybridized carbons (Fsp3) is 0.200. The highest BCUT2D eigenvalue weighted by molar-refractivity contribution is 6.34. The Hall–Kier alpha value is -3.60. The van der Waals surface area contributed by atoms with Crippen LogP contribution in [0.1, 0.15) is 45.5 Å². The summed E-state index contributed by atoms with van der Waals surface area (Å²) in [5.41, 5.74) is 2.55. The van der Waals surface area contributed by atoms with Crippen molar-refractivity contribution in [1.82, 2.24) is 0 Å². The van der Waals surface area contributed by atoms with Gasteiger partial charge in [-0.2, -0.15) is 0 Å². The average molecular weight is 401 g/mol. The molecule has 1 unspecified atom stereocenters. The van der Waals surface area contributed by atoms with Crippen LogP contribution in [0.15, 0.2) is 72.8 Å². The Balaban J connectivity index is 1.52. The van der Waals surface area contributed by atoms with Crippen LogP contribution >= 0.6 is 0 Å². The van der Waals surface area contributed by atoms with Gasteiger partial charge in [-0.15, -0.1) is 0 Å². The molecule has 1 aliphatic rings. The number of nitrogens with zero attached hydrogens (tertiary/aromatic N) is 1. The van der Waals surface area contributed by atoms with Gasteiger partial charge in [-0.3, -0.25) is 9.59 Å². The molecule has 0 N–H and O–H groups in total. The van der Waals surface area contributed by atoms with Gasteiger partial charge in [0.1, 0.15) is 0 Å². The van der Waals surface area contributed by atoms with E-state index in [9.17, 15) is 9.59 Å². The second kappa shape index (κ2) is 8.41. The molecule has 0 aliphatic carbocycles.